The largest absolute Gasteiger partial charge is 0.303 e. The van der Waals surface area contributed by atoms with Crippen LogP contribution in [0.15, 0.2) is 0 Å². The lowest BCUT2D eigenvalue weighted by Crippen LogP contribution is -2.26. The highest BCUT2D eigenvalue weighted by Crippen LogP contribution is 2.28. The Morgan fingerprint density at radius 2 is 1.23 bits per heavy atom. The maximum Gasteiger partial charge on any atom is -0.00187 e. The van der Waals surface area contributed by atoms with Gasteiger partial charge < -0.3 is 4.90 Å². The van der Waals surface area contributed by atoms with Crippen LogP contribution >= 0.6 is 12.4 Å². The molecule has 0 aliphatic heterocycles. The molecule has 0 saturated heterocycles. The molecular weight excluding hydrogens is 290 g/mol. The van der Waals surface area contributed by atoms with E-state index in [0.717, 1.165) is 5.92 Å². The van der Waals surface area contributed by atoms with E-state index in [4.69, 9.17) is 0 Å². The van der Waals surface area contributed by atoms with Gasteiger partial charge in [-0.25, -0.2) is 0 Å². The van der Waals surface area contributed by atoms with Crippen LogP contribution in [0.1, 0.15) is 104 Å². The fourth-order valence-electron chi connectivity index (χ4n) is 3.92. The fourth-order valence-corrected chi connectivity index (χ4v) is 3.92. The zero-order valence-electron chi connectivity index (χ0n) is 15.5. The van der Waals surface area contributed by atoms with Gasteiger partial charge >= 0.3 is 0 Å². The lowest BCUT2D eigenvalue weighted by molar-refractivity contribution is 0.267. The second kappa shape index (κ2) is 16.1. The van der Waals surface area contributed by atoms with Crippen molar-refractivity contribution in [2.45, 2.75) is 104 Å². The highest BCUT2D eigenvalue weighted by atomic mass is 35.5. The molecule has 0 atom stereocenters. The third-order valence-corrected chi connectivity index (χ3v) is 5.14. The van der Waals surface area contributed by atoms with Crippen LogP contribution in [0.25, 0.3) is 0 Å². The highest BCUT2D eigenvalue weighted by molar-refractivity contribution is 5.85. The minimum Gasteiger partial charge on any atom is -0.303 e. The number of hydrogen-bond donors (Lipinski definition) is 0. The summed E-state index contributed by atoms with van der Waals surface area (Å²) in [6.07, 6.45) is 20.5. The van der Waals surface area contributed by atoms with Crippen molar-refractivity contribution >= 4 is 12.4 Å². The van der Waals surface area contributed by atoms with E-state index >= 15 is 0 Å². The molecular formula is C20H42ClN. The summed E-state index contributed by atoms with van der Waals surface area (Å²) >= 11 is 0. The van der Waals surface area contributed by atoms with Crippen molar-refractivity contribution in [3.8, 4) is 0 Å². The van der Waals surface area contributed by atoms with Crippen molar-refractivity contribution in [3.05, 3.63) is 0 Å². The van der Waals surface area contributed by atoms with E-state index in [1.807, 2.05) is 0 Å². The normalized spacial score (nSPS) is 16.0. The molecule has 0 N–H and O–H groups in total. The average molecular weight is 332 g/mol. The average Bonchev–Trinajstić information content (AvgIpc) is 2.51. The molecule has 1 nitrogen and oxygen atoms in total. The number of nitrogens with zero attached hydrogens (tertiary/aromatic N) is 1. The molecule has 1 aliphatic rings. The van der Waals surface area contributed by atoms with Crippen molar-refractivity contribution in [2.24, 2.45) is 5.92 Å². The van der Waals surface area contributed by atoms with E-state index in [1.165, 1.54) is 110 Å². The van der Waals surface area contributed by atoms with Crippen molar-refractivity contribution in [1.82, 2.24) is 4.90 Å². The number of hydrogen-bond acceptors (Lipinski definition) is 1. The maximum absolute atomic E-state index is 2.66. The van der Waals surface area contributed by atoms with Gasteiger partial charge in [-0.15, -0.1) is 12.4 Å². The van der Waals surface area contributed by atoms with Crippen LogP contribution in [0.5, 0.6) is 0 Å². The van der Waals surface area contributed by atoms with E-state index in [9.17, 15) is 0 Å². The van der Waals surface area contributed by atoms with Gasteiger partial charge in [-0.05, 0) is 44.8 Å². The molecule has 0 aromatic carbocycles. The zero-order valence-corrected chi connectivity index (χ0v) is 16.3. The fraction of sp³-hybridized carbons (Fsp3) is 1.00. The summed E-state index contributed by atoms with van der Waals surface area (Å²) in [4.78, 5) is 2.66. The van der Waals surface area contributed by atoms with Crippen LogP contribution < -0.4 is 0 Å². The van der Waals surface area contributed by atoms with Crippen molar-refractivity contribution in [3.63, 3.8) is 0 Å². The summed E-state index contributed by atoms with van der Waals surface area (Å²) in [7, 11) is 0. The van der Waals surface area contributed by atoms with E-state index < -0.39 is 0 Å². The van der Waals surface area contributed by atoms with Gasteiger partial charge in [0.15, 0.2) is 0 Å². The van der Waals surface area contributed by atoms with Gasteiger partial charge in [0.1, 0.15) is 0 Å². The molecule has 0 radical (unpaired) electrons. The molecule has 134 valence electrons. The Bertz CT molecular complexity index is 208. The summed E-state index contributed by atoms with van der Waals surface area (Å²) in [5.41, 5.74) is 0. The van der Waals surface area contributed by atoms with E-state index in [1.54, 1.807) is 0 Å². The zero-order chi connectivity index (χ0) is 15.2. The molecule has 1 fully saturated rings. The van der Waals surface area contributed by atoms with E-state index in [2.05, 4.69) is 18.7 Å². The van der Waals surface area contributed by atoms with Crippen LogP contribution in [-0.2, 0) is 0 Å². The first-order chi connectivity index (χ1) is 10.4. The molecule has 0 aromatic rings. The molecule has 22 heavy (non-hydrogen) atoms. The Labute approximate surface area is 147 Å². The maximum atomic E-state index is 2.66. The summed E-state index contributed by atoms with van der Waals surface area (Å²) < 4.78 is 0. The summed E-state index contributed by atoms with van der Waals surface area (Å²) in [5, 5.41) is 0. The Morgan fingerprint density at radius 3 is 1.82 bits per heavy atom. The SMILES string of the molecule is CCCN(CCC)CCCCCCCCC1CCCCC1.Cl. The van der Waals surface area contributed by atoms with E-state index in [0.29, 0.717) is 0 Å². The molecule has 1 rings (SSSR count). The van der Waals surface area contributed by atoms with Crippen LogP contribution in [-0.4, -0.2) is 24.5 Å². The van der Waals surface area contributed by atoms with Crippen molar-refractivity contribution in [2.75, 3.05) is 19.6 Å². The van der Waals surface area contributed by atoms with Crippen LogP contribution in [0, 0.1) is 5.92 Å². The smallest absolute Gasteiger partial charge is 0.00187 e. The predicted octanol–water partition coefficient (Wildman–Crippen LogP) is 6.84. The first-order valence-corrected chi connectivity index (χ1v) is 10.1. The highest BCUT2D eigenvalue weighted by Gasteiger charge is 2.12. The topological polar surface area (TPSA) is 3.24 Å². The molecule has 1 saturated carbocycles. The standard InChI is InChI=1S/C20H41N.ClH/c1-3-17-21(18-4-2)19-13-8-6-5-7-10-14-20-15-11-9-12-16-20;/h20H,3-19H2,1-2H3;1H. The summed E-state index contributed by atoms with van der Waals surface area (Å²) in [5.74, 6) is 1.09. The third-order valence-electron chi connectivity index (χ3n) is 5.14. The Morgan fingerprint density at radius 1 is 0.682 bits per heavy atom. The molecule has 0 unspecified atom stereocenters. The van der Waals surface area contributed by atoms with Gasteiger partial charge in [-0.1, -0.05) is 84.5 Å². The first-order valence-electron chi connectivity index (χ1n) is 10.1. The minimum atomic E-state index is 0. The van der Waals surface area contributed by atoms with Crippen LogP contribution in [0.2, 0.25) is 0 Å². The monoisotopic (exact) mass is 331 g/mol. The Kier molecular flexibility index (Phi) is 16.3. The van der Waals surface area contributed by atoms with Gasteiger partial charge in [0.05, 0.1) is 0 Å². The lowest BCUT2D eigenvalue weighted by atomic mass is 9.85. The van der Waals surface area contributed by atoms with Crippen molar-refractivity contribution in [1.29, 1.82) is 0 Å². The van der Waals surface area contributed by atoms with Gasteiger partial charge in [-0.3, -0.25) is 0 Å². The second-order valence-corrected chi connectivity index (χ2v) is 7.26. The number of unbranched alkanes of at least 4 members (excludes halogenated alkanes) is 5. The van der Waals surface area contributed by atoms with Crippen LogP contribution in [0.3, 0.4) is 0 Å². The van der Waals surface area contributed by atoms with Crippen LogP contribution in [0.4, 0.5) is 0 Å². The summed E-state index contributed by atoms with van der Waals surface area (Å²) in [6, 6.07) is 0. The van der Waals surface area contributed by atoms with E-state index in [-0.39, 0.29) is 12.4 Å². The second-order valence-electron chi connectivity index (χ2n) is 7.26. The minimum absolute atomic E-state index is 0. The molecule has 1 aliphatic carbocycles. The first kappa shape index (κ1) is 22.2. The van der Waals surface area contributed by atoms with Gasteiger partial charge in [0, 0.05) is 0 Å². The predicted molar refractivity (Wildman–Crippen MR) is 103 cm³/mol. The lowest BCUT2D eigenvalue weighted by Gasteiger charge is -2.21. The quantitative estimate of drug-likeness (QED) is 0.334. The molecule has 0 amide bonds. The van der Waals surface area contributed by atoms with Gasteiger partial charge in [0.25, 0.3) is 0 Å². The number of halogens is 1. The molecule has 2 heteroatoms. The van der Waals surface area contributed by atoms with Gasteiger partial charge in [-0.2, -0.15) is 0 Å². The molecule has 0 spiro atoms. The molecule has 0 bridgehead atoms. The third kappa shape index (κ3) is 11.8. The number of rotatable bonds is 13. The Hall–Kier alpha value is 0.250. The van der Waals surface area contributed by atoms with Gasteiger partial charge in [0.2, 0.25) is 0 Å². The molecule has 0 aromatic heterocycles. The molecule has 0 heterocycles. The summed E-state index contributed by atoms with van der Waals surface area (Å²) in [6.45, 7) is 8.54. The van der Waals surface area contributed by atoms with Crippen molar-refractivity contribution < 1.29 is 0 Å². The Balaban J connectivity index is 0.00000441.